The summed E-state index contributed by atoms with van der Waals surface area (Å²) in [6, 6.07) is 0. The van der Waals surface area contributed by atoms with E-state index in [0.717, 1.165) is 31.6 Å². The third-order valence-corrected chi connectivity index (χ3v) is 1.47. The maximum atomic E-state index is 5.44. The minimum atomic E-state index is 0.861. The molecule has 0 aliphatic heterocycles. The normalized spacial score (nSPS) is 16.7. The zero-order valence-corrected chi connectivity index (χ0v) is 6.47. The molecule has 0 fully saturated rings. The number of allylic oxidation sites excluding steroid dienone is 4. The van der Waals surface area contributed by atoms with E-state index >= 15 is 0 Å². The van der Waals surface area contributed by atoms with E-state index in [-0.39, 0.29) is 0 Å². The van der Waals surface area contributed by atoms with Crippen molar-refractivity contribution in [3.8, 4) is 0 Å². The van der Waals surface area contributed by atoms with E-state index in [1.807, 2.05) is 0 Å². The first kappa shape index (κ1) is 7.39. The fourth-order valence-corrected chi connectivity index (χ4v) is 0.934. The second kappa shape index (κ2) is 4.15. The fraction of sp³-hybridized carbons (Fsp3) is 0.556. The van der Waals surface area contributed by atoms with Crippen LogP contribution in [0, 0.1) is 0 Å². The smallest absolute Gasteiger partial charge is 0.0962 e. The van der Waals surface area contributed by atoms with Gasteiger partial charge in [-0.2, -0.15) is 0 Å². The van der Waals surface area contributed by atoms with Crippen LogP contribution in [0.3, 0.4) is 0 Å². The molecule has 0 N–H and O–H groups in total. The Balaban J connectivity index is 2.25. The minimum absolute atomic E-state index is 0.861. The molecule has 0 aromatic carbocycles. The molecule has 10 heavy (non-hydrogen) atoms. The maximum Gasteiger partial charge on any atom is 0.0962 e. The summed E-state index contributed by atoms with van der Waals surface area (Å²) in [7, 11) is 0. The van der Waals surface area contributed by atoms with Crippen LogP contribution in [0.4, 0.5) is 0 Å². The lowest BCUT2D eigenvalue weighted by molar-refractivity contribution is 0.202. The Hall–Kier alpha value is -0.720. The molecule has 0 aromatic rings. The van der Waals surface area contributed by atoms with Crippen molar-refractivity contribution >= 4 is 0 Å². The van der Waals surface area contributed by atoms with E-state index in [1.165, 1.54) is 0 Å². The highest BCUT2D eigenvalue weighted by atomic mass is 16.5. The van der Waals surface area contributed by atoms with Gasteiger partial charge in [0.05, 0.1) is 12.4 Å². The summed E-state index contributed by atoms with van der Waals surface area (Å²) in [4.78, 5) is 0. The molecule has 0 bridgehead atoms. The zero-order valence-electron chi connectivity index (χ0n) is 6.47. The van der Waals surface area contributed by atoms with Gasteiger partial charge in [-0.1, -0.05) is 19.1 Å². The molecule has 0 aromatic heterocycles. The maximum absolute atomic E-state index is 5.44. The molecule has 1 aliphatic carbocycles. The van der Waals surface area contributed by atoms with Gasteiger partial charge in [0.1, 0.15) is 0 Å². The molecule has 0 unspecified atom stereocenters. The SMILES string of the molecule is CCCOC1=CC=CCC1. The van der Waals surface area contributed by atoms with E-state index in [2.05, 4.69) is 25.2 Å². The molecule has 0 amide bonds. The number of ether oxygens (including phenoxy) is 1. The van der Waals surface area contributed by atoms with Gasteiger partial charge in [-0.15, -0.1) is 0 Å². The third-order valence-electron chi connectivity index (χ3n) is 1.47. The van der Waals surface area contributed by atoms with Crippen molar-refractivity contribution in [2.45, 2.75) is 26.2 Å². The average molecular weight is 138 g/mol. The van der Waals surface area contributed by atoms with E-state index in [1.54, 1.807) is 0 Å². The average Bonchev–Trinajstić information content (AvgIpc) is 2.03. The van der Waals surface area contributed by atoms with Gasteiger partial charge in [-0.05, 0) is 18.9 Å². The topological polar surface area (TPSA) is 9.23 Å². The Bertz CT molecular complexity index is 145. The molecule has 1 aliphatic rings. The second-order valence-corrected chi connectivity index (χ2v) is 2.45. The van der Waals surface area contributed by atoms with Crippen LogP contribution in [0.5, 0.6) is 0 Å². The second-order valence-electron chi connectivity index (χ2n) is 2.45. The van der Waals surface area contributed by atoms with Gasteiger partial charge in [-0.25, -0.2) is 0 Å². The first-order chi connectivity index (χ1) is 4.93. The van der Waals surface area contributed by atoms with Crippen molar-refractivity contribution in [2.75, 3.05) is 6.61 Å². The number of hydrogen-bond acceptors (Lipinski definition) is 1. The minimum Gasteiger partial charge on any atom is -0.498 e. The summed E-state index contributed by atoms with van der Waals surface area (Å²) < 4.78 is 5.44. The number of rotatable bonds is 3. The van der Waals surface area contributed by atoms with Crippen LogP contribution >= 0.6 is 0 Å². The first-order valence-corrected chi connectivity index (χ1v) is 3.92. The Morgan fingerprint density at radius 2 is 2.50 bits per heavy atom. The summed E-state index contributed by atoms with van der Waals surface area (Å²) >= 11 is 0. The van der Waals surface area contributed by atoms with E-state index in [0.29, 0.717) is 0 Å². The summed E-state index contributed by atoms with van der Waals surface area (Å²) in [5.74, 6) is 1.14. The molecule has 0 saturated heterocycles. The van der Waals surface area contributed by atoms with Gasteiger partial charge in [0, 0.05) is 6.42 Å². The highest BCUT2D eigenvalue weighted by Crippen LogP contribution is 2.12. The molecule has 0 heterocycles. The van der Waals surface area contributed by atoms with Crippen LogP contribution in [0.1, 0.15) is 26.2 Å². The molecule has 0 saturated carbocycles. The fourth-order valence-electron chi connectivity index (χ4n) is 0.934. The van der Waals surface area contributed by atoms with E-state index in [9.17, 15) is 0 Å². The number of hydrogen-bond donors (Lipinski definition) is 0. The third kappa shape index (κ3) is 2.26. The molecule has 56 valence electrons. The van der Waals surface area contributed by atoms with Crippen molar-refractivity contribution in [3.05, 3.63) is 24.0 Å². The lowest BCUT2D eigenvalue weighted by Crippen LogP contribution is -1.95. The summed E-state index contributed by atoms with van der Waals surface area (Å²) in [5.41, 5.74) is 0. The van der Waals surface area contributed by atoms with Gasteiger partial charge in [0.15, 0.2) is 0 Å². The van der Waals surface area contributed by atoms with Crippen molar-refractivity contribution in [3.63, 3.8) is 0 Å². The summed E-state index contributed by atoms with van der Waals surface area (Å²) in [5, 5.41) is 0. The standard InChI is InChI=1S/C9H14O/c1-2-8-10-9-6-4-3-5-7-9/h3-4,6H,2,5,7-8H2,1H3. The van der Waals surface area contributed by atoms with E-state index < -0.39 is 0 Å². The summed E-state index contributed by atoms with van der Waals surface area (Å²) in [6.07, 6.45) is 9.60. The van der Waals surface area contributed by atoms with Crippen LogP contribution in [0.15, 0.2) is 24.0 Å². The van der Waals surface area contributed by atoms with Gasteiger partial charge in [0.25, 0.3) is 0 Å². The van der Waals surface area contributed by atoms with Crippen molar-refractivity contribution in [1.82, 2.24) is 0 Å². The predicted molar refractivity (Wildman–Crippen MR) is 42.7 cm³/mol. The van der Waals surface area contributed by atoms with Crippen molar-refractivity contribution < 1.29 is 4.74 Å². The van der Waals surface area contributed by atoms with Crippen LogP contribution in [0.25, 0.3) is 0 Å². The zero-order chi connectivity index (χ0) is 7.23. The molecular weight excluding hydrogens is 124 g/mol. The van der Waals surface area contributed by atoms with Crippen molar-refractivity contribution in [2.24, 2.45) is 0 Å². The molecule has 1 heteroatoms. The molecule has 0 spiro atoms. The van der Waals surface area contributed by atoms with Crippen molar-refractivity contribution in [1.29, 1.82) is 0 Å². The van der Waals surface area contributed by atoms with Crippen LogP contribution in [-0.4, -0.2) is 6.61 Å². The quantitative estimate of drug-likeness (QED) is 0.582. The predicted octanol–water partition coefficient (Wildman–Crippen LogP) is 2.65. The Labute approximate surface area is 62.4 Å². The highest BCUT2D eigenvalue weighted by molar-refractivity contribution is 5.12. The monoisotopic (exact) mass is 138 g/mol. The molecule has 0 atom stereocenters. The van der Waals surface area contributed by atoms with Crippen LogP contribution < -0.4 is 0 Å². The van der Waals surface area contributed by atoms with Gasteiger partial charge < -0.3 is 4.74 Å². The van der Waals surface area contributed by atoms with E-state index in [4.69, 9.17) is 4.74 Å². The molecular formula is C9H14O. The highest BCUT2D eigenvalue weighted by Gasteiger charge is 1.97. The Morgan fingerprint density at radius 3 is 3.10 bits per heavy atom. The van der Waals surface area contributed by atoms with Gasteiger partial charge in [0.2, 0.25) is 0 Å². The first-order valence-electron chi connectivity index (χ1n) is 3.92. The lowest BCUT2D eigenvalue weighted by atomic mass is 10.2. The Morgan fingerprint density at radius 1 is 1.60 bits per heavy atom. The summed E-state index contributed by atoms with van der Waals surface area (Å²) in [6.45, 7) is 2.99. The molecule has 1 rings (SSSR count). The largest absolute Gasteiger partial charge is 0.498 e. The van der Waals surface area contributed by atoms with Crippen LogP contribution in [-0.2, 0) is 4.74 Å². The Kier molecular flexibility index (Phi) is 3.07. The molecule has 1 nitrogen and oxygen atoms in total. The molecule has 0 radical (unpaired) electrons. The van der Waals surface area contributed by atoms with Crippen LogP contribution in [0.2, 0.25) is 0 Å². The lowest BCUT2D eigenvalue weighted by Gasteiger charge is -2.09. The van der Waals surface area contributed by atoms with Gasteiger partial charge >= 0.3 is 0 Å². The van der Waals surface area contributed by atoms with Gasteiger partial charge in [-0.3, -0.25) is 0 Å².